The van der Waals surface area contributed by atoms with Crippen molar-refractivity contribution in [3.63, 3.8) is 0 Å². The highest BCUT2D eigenvalue weighted by atomic mass is 19.4. The van der Waals surface area contributed by atoms with Crippen molar-refractivity contribution in [1.29, 1.82) is 0 Å². The fourth-order valence-corrected chi connectivity index (χ4v) is 5.20. The lowest BCUT2D eigenvalue weighted by Crippen LogP contribution is -2.57. The monoisotopic (exact) mass is 450 g/mol. The molecule has 0 bridgehead atoms. The molecule has 0 radical (unpaired) electrons. The van der Waals surface area contributed by atoms with Gasteiger partial charge in [-0.2, -0.15) is 18.3 Å². The molecular formula is C23H29F3N4O2. The number of ether oxygens (including phenoxy) is 1. The smallest absolute Gasteiger partial charge is 0.384 e. The zero-order valence-electron chi connectivity index (χ0n) is 18.4. The van der Waals surface area contributed by atoms with Gasteiger partial charge in [0, 0.05) is 38.4 Å². The lowest BCUT2D eigenvalue weighted by Gasteiger charge is -2.46. The van der Waals surface area contributed by atoms with Gasteiger partial charge in [-0.25, -0.2) is 4.68 Å². The third kappa shape index (κ3) is 4.68. The Morgan fingerprint density at radius 2 is 1.97 bits per heavy atom. The van der Waals surface area contributed by atoms with Gasteiger partial charge >= 0.3 is 6.18 Å². The van der Waals surface area contributed by atoms with E-state index < -0.39 is 11.7 Å². The number of rotatable bonds is 5. The molecule has 32 heavy (non-hydrogen) atoms. The molecule has 2 fully saturated rings. The van der Waals surface area contributed by atoms with E-state index in [1.54, 1.807) is 7.11 Å². The first kappa shape index (κ1) is 22.8. The van der Waals surface area contributed by atoms with Crippen LogP contribution in [0.5, 0.6) is 0 Å². The molecule has 0 N–H and O–H groups in total. The van der Waals surface area contributed by atoms with Gasteiger partial charge in [-0.15, -0.1) is 0 Å². The summed E-state index contributed by atoms with van der Waals surface area (Å²) < 4.78 is 45.9. The molecule has 3 heterocycles. The number of alkyl halides is 3. The Labute approximate surface area is 185 Å². The minimum absolute atomic E-state index is 0.156. The number of hydrogen-bond donors (Lipinski definition) is 0. The molecule has 3 unspecified atom stereocenters. The van der Waals surface area contributed by atoms with Gasteiger partial charge in [0.25, 0.3) is 5.91 Å². The van der Waals surface area contributed by atoms with E-state index in [4.69, 9.17) is 4.74 Å². The van der Waals surface area contributed by atoms with Crippen molar-refractivity contribution in [1.82, 2.24) is 19.6 Å². The van der Waals surface area contributed by atoms with E-state index in [0.29, 0.717) is 37.2 Å². The van der Waals surface area contributed by atoms with Gasteiger partial charge in [-0.05, 0) is 50.0 Å². The van der Waals surface area contributed by atoms with Crippen LogP contribution in [-0.4, -0.2) is 71.4 Å². The van der Waals surface area contributed by atoms with E-state index in [1.807, 2.05) is 4.90 Å². The van der Waals surface area contributed by atoms with Crippen LogP contribution in [-0.2, 0) is 10.9 Å². The largest absolute Gasteiger partial charge is 0.416 e. The summed E-state index contributed by atoms with van der Waals surface area (Å²) in [6.45, 7) is 6.16. The number of hydrogen-bond acceptors (Lipinski definition) is 4. The Bertz CT molecular complexity index is 939. The molecule has 3 atom stereocenters. The summed E-state index contributed by atoms with van der Waals surface area (Å²) in [5, 5.41) is 4.15. The summed E-state index contributed by atoms with van der Waals surface area (Å²) in [5.41, 5.74) is -0.124. The topological polar surface area (TPSA) is 50.6 Å². The predicted molar refractivity (Wildman–Crippen MR) is 114 cm³/mol. The van der Waals surface area contributed by atoms with Crippen LogP contribution in [0.1, 0.15) is 35.7 Å². The maximum Gasteiger partial charge on any atom is 0.416 e. The number of carbonyl (C=O) groups is 1. The highest BCUT2D eigenvalue weighted by Crippen LogP contribution is 2.32. The van der Waals surface area contributed by atoms with Crippen molar-refractivity contribution in [2.24, 2.45) is 11.8 Å². The Morgan fingerprint density at radius 1 is 1.22 bits per heavy atom. The van der Waals surface area contributed by atoms with Crippen LogP contribution < -0.4 is 0 Å². The van der Waals surface area contributed by atoms with Crippen LogP contribution in [0, 0.1) is 11.8 Å². The minimum Gasteiger partial charge on any atom is -0.384 e. The number of amides is 1. The zero-order chi connectivity index (χ0) is 22.9. The maximum absolute atomic E-state index is 13.2. The summed E-state index contributed by atoms with van der Waals surface area (Å²) in [4.78, 5) is 17.6. The fourth-order valence-electron chi connectivity index (χ4n) is 5.20. The third-order valence-corrected chi connectivity index (χ3v) is 6.53. The lowest BCUT2D eigenvalue weighted by atomic mass is 9.83. The average Bonchev–Trinajstić information content (AvgIpc) is 3.45. The molecule has 2 saturated heterocycles. The number of halogens is 3. The molecule has 1 aromatic heterocycles. The number of benzene rings is 1. The Morgan fingerprint density at radius 3 is 2.66 bits per heavy atom. The number of piperidine rings is 1. The molecule has 6 nitrogen and oxygen atoms in total. The van der Waals surface area contributed by atoms with Gasteiger partial charge in [0.1, 0.15) is 0 Å². The molecule has 174 valence electrons. The first-order valence-electron chi connectivity index (χ1n) is 11.0. The summed E-state index contributed by atoms with van der Waals surface area (Å²) in [5.74, 6) is 0.352. The summed E-state index contributed by atoms with van der Waals surface area (Å²) >= 11 is 0. The molecule has 0 aliphatic carbocycles. The Kier molecular flexibility index (Phi) is 6.57. The van der Waals surface area contributed by atoms with Crippen LogP contribution >= 0.6 is 0 Å². The van der Waals surface area contributed by atoms with E-state index in [1.165, 1.54) is 42.0 Å². The van der Waals surface area contributed by atoms with Gasteiger partial charge < -0.3 is 9.64 Å². The van der Waals surface area contributed by atoms with Crippen LogP contribution in [0.25, 0.3) is 5.69 Å². The maximum atomic E-state index is 13.2. The summed E-state index contributed by atoms with van der Waals surface area (Å²) in [6.07, 6.45) is 0.903. The molecule has 2 aromatic rings. The molecule has 0 saturated carbocycles. The van der Waals surface area contributed by atoms with Crippen LogP contribution in [0.3, 0.4) is 0 Å². The second kappa shape index (κ2) is 9.23. The van der Waals surface area contributed by atoms with E-state index in [0.717, 1.165) is 25.2 Å². The first-order valence-corrected chi connectivity index (χ1v) is 11.0. The second-order valence-corrected chi connectivity index (χ2v) is 8.86. The molecular weight excluding hydrogens is 421 g/mol. The van der Waals surface area contributed by atoms with Crippen LogP contribution in [0.15, 0.2) is 36.7 Å². The molecule has 1 aromatic carbocycles. The lowest BCUT2D eigenvalue weighted by molar-refractivity contribution is -0.137. The predicted octanol–water partition coefficient (Wildman–Crippen LogP) is 3.71. The van der Waals surface area contributed by atoms with E-state index in [-0.39, 0.29) is 17.5 Å². The van der Waals surface area contributed by atoms with Crippen molar-refractivity contribution in [2.45, 2.75) is 32.0 Å². The molecule has 9 heteroatoms. The second-order valence-electron chi connectivity index (χ2n) is 8.86. The summed E-state index contributed by atoms with van der Waals surface area (Å²) in [7, 11) is 1.69. The van der Waals surface area contributed by atoms with Crippen LogP contribution in [0.4, 0.5) is 13.2 Å². The molecule has 2 aliphatic rings. The van der Waals surface area contributed by atoms with Crippen molar-refractivity contribution in [3.05, 3.63) is 47.8 Å². The molecule has 2 aliphatic heterocycles. The third-order valence-electron chi connectivity index (χ3n) is 6.53. The fraction of sp³-hybridized carbons (Fsp3) is 0.565. The van der Waals surface area contributed by atoms with Gasteiger partial charge in [-0.1, -0.05) is 13.0 Å². The van der Waals surface area contributed by atoms with Gasteiger partial charge in [0.05, 0.1) is 29.6 Å². The number of methoxy groups -OCH3 is 1. The molecule has 1 amide bonds. The first-order chi connectivity index (χ1) is 15.3. The normalized spacial score (nSPS) is 24.8. The number of likely N-dealkylation sites (tertiary alicyclic amines) is 2. The highest BCUT2D eigenvalue weighted by molar-refractivity contribution is 5.94. The minimum atomic E-state index is -4.44. The number of aromatic nitrogens is 2. The van der Waals surface area contributed by atoms with E-state index >= 15 is 0 Å². The zero-order valence-corrected chi connectivity index (χ0v) is 18.4. The van der Waals surface area contributed by atoms with Gasteiger partial charge in [0.15, 0.2) is 0 Å². The van der Waals surface area contributed by atoms with E-state index in [2.05, 4.69) is 16.9 Å². The van der Waals surface area contributed by atoms with Gasteiger partial charge in [-0.3, -0.25) is 9.69 Å². The number of carbonyl (C=O) groups excluding carboxylic acids is 1. The quantitative estimate of drug-likeness (QED) is 0.697. The van der Waals surface area contributed by atoms with Crippen molar-refractivity contribution < 1.29 is 22.7 Å². The Balaban J connectivity index is 1.51. The van der Waals surface area contributed by atoms with E-state index in [9.17, 15) is 18.0 Å². The van der Waals surface area contributed by atoms with Crippen LogP contribution in [0.2, 0.25) is 0 Å². The van der Waals surface area contributed by atoms with Crippen molar-refractivity contribution in [3.8, 4) is 5.69 Å². The Hall–Kier alpha value is -2.39. The number of nitrogens with zero attached hydrogens (tertiary/aromatic N) is 4. The summed E-state index contributed by atoms with van der Waals surface area (Å²) in [6, 6.07) is 5.30. The molecule has 0 spiro atoms. The van der Waals surface area contributed by atoms with Crippen molar-refractivity contribution in [2.75, 3.05) is 39.9 Å². The van der Waals surface area contributed by atoms with Gasteiger partial charge in [0.2, 0.25) is 0 Å². The standard InChI is InChI=1S/C23H29F3N4O2/c1-16-12-29(13-18(15-32-2)21(16)28-8-3-4-9-28)22(31)17-11-27-30(14-17)20-7-5-6-19(10-20)23(24,25)26/h5-7,10-11,14,16,18,21H,3-4,8-9,12-13,15H2,1-2H3. The average molecular weight is 451 g/mol. The van der Waals surface area contributed by atoms with Crippen molar-refractivity contribution >= 4 is 5.91 Å². The SMILES string of the molecule is COCC1CN(C(=O)c2cnn(-c3cccc(C(F)(F)F)c3)c2)CC(C)C1N1CCCC1. The molecule has 4 rings (SSSR count). The highest BCUT2D eigenvalue weighted by Gasteiger charge is 2.40.